The van der Waals surface area contributed by atoms with Gasteiger partial charge in [0.05, 0.1) is 0 Å². The fraction of sp³-hybridized carbons (Fsp3) is 0.600. The van der Waals surface area contributed by atoms with Crippen molar-refractivity contribution in [1.82, 2.24) is 0 Å². The molecule has 1 aromatic carbocycles. The van der Waals surface area contributed by atoms with Crippen molar-refractivity contribution >= 4 is 0 Å². The number of hydrogen-bond donors (Lipinski definition) is 1. The van der Waals surface area contributed by atoms with Crippen molar-refractivity contribution in [2.75, 3.05) is 6.54 Å². The summed E-state index contributed by atoms with van der Waals surface area (Å²) in [6.07, 6.45) is 6.06. The molecule has 16 heavy (non-hydrogen) atoms. The van der Waals surface area contributed by atoms with Crippen LogP contribution in [0.5, 0.6) is 0 Å². The minimum absolute atomic E-state index is 0.746. The van der Waals surface area contributed by atoms with E-state index < -0.39 is 0 Å². The van der Waals surface area contributed by atoms with E-state index in [4.69, 9.17) is 5.73 Å². The monoisotopic (exact) mass is 219 g/mol. The summed E-state index contributed by atoms with van der Waals surface area (Å²) < 4.78 is 0. The van der Waals surface area contributed by atoms with E-state index in [1.165, 1.54) is 36.8 Å². The van der Waals surface area contributed by atoms with Crippen molar-refractivity contribution in [3.05, 3.63) is 35.4 Å². The molecule has 0 saturated carbocycles. The minimum atomic E-state index is 0.746. The van der Waals surface area contributed by atoms with Gasteiger partial charge in [0.2, 0.25) is 0 Å². The van der Waals surface area contributed by atoms with Crippen LogP contribution in [0.15, 0.2) is 24.3 Å². The first kappa shape index (κ1) is 13.2. The van der Waals surface area contributed by atoms with Crippen LogP contribution in [0.3, 0.4) is 0 Å². The lowest BCUT2D eigenvalue weighted by atomic mass is 10.00. The normalized spacial score (nSPS) is 11.0. The molecule has 0 unspecified atom stereocenters. The molecule has 0 atom stereocenters. The van der Waals surface area contributed by atoms with E-state index >= 15 is 0 Å². The number of aryl methyl sites for hydroxylation is 1. The zero-order chi connectivity index (χ0) is 11.8. The van der Waals surface area contributed by atoms with Crippen LogP contribution in [0.2, 0.25) is 0 Å². The summed E-state index contributed by atoms with van der Waals surface area (Å²) in [4.78, 5) is 0. The topological polar surface area (TPSA) is 26.0 Å². The highest BCUT2D eigenvalue weighted by molar-refractivity contribution is 5.22. The second-order valence-electron chi connectivity index (χ2n) is 5.01. The molecule has 0 amide bonds. The zero-order valence-corrected chi connectivity index (χ0v) is 10.7. The summed E-state index contributed by atoms with van der Waals surface area (Å²) in [6.45, 7) is 5.36. The molecule has 0 bridgehead atoms. The minimum Gasteiger partial charge on any atom is -0.330 e. The molecule has 0 aliphatic carbocycles. The number of benzene rings is 1. The van der Waals surface area contributed by atoms with E-state index in [-0.39, 0.29) is 0 Å². The highest BCUT2D eigenvalue weighted by atomic mass is 14.5. The van der Waals surface area contributed by atoms with Crippen LogP contribution in [0, 0.1) is 5.92 Å². The highest BCUT2D eigenvalue weighted by Crippen LogP contribution is 2.11. The van der Waals surface area contributed by atoms with Gasteiger partial charge in [-0.2, -0.15) is 0 Å². The maximum Gasteiger partial charge on any atom is -0.00773 e. The van der Waals surface area contributed by atoms with Crippen molar-refractivity contribution in [2.45, 2.75) is 46.0 Å². The molecular formula is C15H25N. The summed E-state index contributed by atoms with van der Waals surface area (Å²) in [5.41, 5.74) is 8.40. The second-order valence-corrected chi connectivity index (χ2v) is 5.01. The molecule has 1 heteroatoms. The molecule has 0 aromatic heterocycles. The third-order valence-electron chi connectivity index (χ3n) is 2.84. The van der Waals surface area contributed by atoms with E-state index in [2.05, 4.69) is 38.1 Å². The smallest absolute Gasteiger partial charge is 0.00773 e. The Bertz CT molecular complexity index is 274. The number of nitrogens with two attached hydrogens (primary N) is 1. The molecule has 0 aliphatic rings. The van der Waals surface area contributed by atoms with Gasteiger partial charge in [-0.25, -0.2) is 0 Å². The van der Waals surface area contributed by atoms with Gasteiger partial charge in [-0.15, -0.1) is 0 Å². The predicted molar refractivity (Wildman–Crippen MR) is 71.6 cm³/mol. The maximum absolute atomic E-state index is 5.47. The quantitative estimate of drug-likeness (QED) is 0.697. The fourth-order valence-corrected chi connectivity index (χ4v) is 1.96. The van der Waals surface area contributed by atoms with Gasteiger partial charge in [0, 0.05) is 0 Å². The number of unbranched alkanes of at least 4 members (excludes halogenated alkanes) is 2. The first-order valence-electron chi connectivity index (χ1n) is 6.50. The second kappa shape index (κ2) is 7.45. The third kappa shape index (κ3) is 5.32. The van der Waals surface area contributed by atoms with Crippen molar-refractivity contribution in [2.24, 2.45) is 11.7 Å². The first-order chi connectivity index (χ1) is 7.72. The molecule has 90 valence electrons. The Labute approximate surface area is 100 Å². The molecule has 2 N–H and O–H groups in total. The standard InChI is InChI=1S/C15H25N/c1-13(2)12-15-9-7-14(8-10-15)6-4-3-5-11-16/h7-10,13H,3-6,11-12,16H2,1-2H3. The molecule has 1 nitrogen and oxygen atoms in total. The average Bonchev–Trinajstić information content (AvgIpc) is 2.26. The molecular weight excluding hydrogens is 194 g/mol. The van der Waals surface area contributed by atoms with Crippen LogP contribution in [-0.4, -0.2) is 6.54 Å². The lowest BCUT2D eigenvalue weighted by Crippen LogP contribution is -1.98. The van der Waals surface area contributed by atoms with Crippen LogP contribution in [0.1, 0.15) is 44.2 Å². The van der Waals surface area contributed by atoms with Gasteiger partial charge in [-0.05, 0) is 49.3 Å². The van der Waals surface area contributed by atoms with Crippen LogP contribution in [0.25, 0.3) is 0 Å². The fourth-order valence-electron chi connectivity index (χ4n) is 1.96. The molecule has 1 rings (SSSR count). The Balaban J connectivity index is 2.33. The van der Waals surface area contributed by atoms with Crippen LogP contribution < -0.4 is 5.73 Å². The Hall–Kier alpha value is -0.820. The van der Waals surface area contributed by atoms with Crippen molar-refractivity contribution in [3.63, 3.8) is 0 Å². The summed E-state index contributed by atoms with van der Waals surface area (Å²) >= 11 is 0. The maximum atomic E-state index is 5.47. The predicted octanol–water partition coefficient (Wildman–Crippen LogP) is 3.56. The molecule has 0 radical (unpaired) electrons. The van der Waals surface area contributed by atoms with Crippen LogP contribution in [-0.2, 0) is 12.8 Å². The summed E-state index contributed by atoms with van der Waals surface area (Å²) in [5, 5.41) is 0. The molecule has 0 spiro atoms. The van der Waals surface area contributed by atoms with E-state index in [9.17, 15) is 0 Å². The van der Waals surface area contributed by atoms with Crippen molar-refractivity contribution < 1.29 is 0 Å². The molecule has 0 heterocycles. The van der Waals surface area contributed by atoms with Gasteiger partial charge in [0.25, 0.3) is 0 Å². The third-order valence-corrected chi connectivity index (χ3v) is 2.84. The van der Waals surface area contributed by atoms with Gasteiger partial charge < -0.3 is 5.73 Å². The highest BCUT2D eigenvalue weighted by Gasteiger charge is 1.98. The summed E-state index contributed by atoms with van der Waals surface area (Å²) in [6, 6.07) is 9.11. The Morgan fingerprint density at radius 2 is 1.56 bits per heavy atom. The molecule has 0 saturated heterocycles. The van der Waals surface area contributed by atoms with Gasteiger partial charge >= 0.3 is 0 Å². The summed E-state index contributed by atoms with van der Waals surface area (Å²) in [7, 11) is 0. The Morgan fingerprint density at radius 3 is 2.12 bits per heavy atom. The van der Waals surface area contributed by atoms with Crippen molar-refractivity contribution in [3.8, 4) is 0 Å². The average molecular weight is 219 g/mol. The largest absolute Gasteiger partial charge is 0.330 e. The number of hydrogen-bond acceptors (Lipinski definition) is 1. The lowest BCUT2D eigenvalue weighted by Gasteiger charge is -2.06. The summed E-state index contributed by atoms with van der Waals surface area (Å²) in [5.74, 6) is 0.746. The molecule has 0 aliphatic heterocycles. The Morgan fingerprint density at radius 1 is 0.938 bits per heavy atom. The zero-order valence-electron chi connectivity index (χ0n) is 10.7. The van der Waals surface area contributed by atoms with E-state index in [0.29, 0.717) is 0 Å². The van der Waals surface area contributed by atoms with Crippen LogP contribution >= 0.6 is 0 Å². The van der Waals surface area contributed by atoms with Crippen molar-refractivity contribution in [1.29, 1.82) is 0 Å². The Kier molecular flexibility index (Phi) is 6.17. The molecule has 0 fully saturated rings. The van der Waals surface area contributed by atoms with E-state index in [1.807, 2.05) is 0 Å². The van der Waals surface area contributed by atoms with Gasteiger partial charge in [0.15, 0.2) is 0 Å². The van der Waals surface area contributed by atoms with Crippen LogP contribution in [0.4, 0.5) is 0 Å². The van der Waals surface area contributed by atoms with Gasteiger partial charge in [-0.1, -0.05) is 44.5 Å². The van der Waals surface area contributed by atoms with E-state index in [1.54, 1.807) is 0 Å². The molecule has 1 aromatic rings. The number of rotatable bonds is 7. The van der Waals surface area contributed by atoms with Gasteiger partial charge in [-0.3, -0.25) is 0 Å². The van der Waals surface area contributed by atoms with E-state index in [0.717, 1.165) is 18.9 Å². The first-order valence-corrected chi connectivity index (χ1v) is 6.50. The lowest BCUT2D eigenvalue weighted by molar-refractivity contribution is 0.646. The SMILES string of the molecule is CC(C)Cc1ccc(CCCCCN)cc1. The van der Waals surface area contributed by atoms with Gasteiger partial charge in [0.1, 0.15) is 0 Å².